The highest BCUT2D eigenvalue weighted by Crippen LogP contribution is 2.36. The van der Waals surface area contributed by atoms with Crippen molar-refractivity contribution in [3.05, 3.63) is 48.0 Å². The Morgan fingerprint density at radius 3 is 2.83 bits per heavy atom. The van der Waals surface area contributed by atoms with Crippen LogP contribution in [0.5, 0.6) is 10.8 Å². The van der Waals surface area contributed by atoms with Crippen molar-refractivity contribution in [3.63, 3.8) is 0 Å². The highest BCUT2D eigenvalue weighted by molar-refractivity contribution is 7.09. The van der Waals surface area contributed by atoms with Crippen molar-refractivity contribution in [1.82, 2.24) is 4.37 Å². The average molecular weight is 256 g/mol. The number of anilines is 1. The maximum Gasteiger partial charge on any atom is 0.208 e. The van der Waals surface area contributed by atoms with Crippen LogP contribution in [0, 0.1) is 6.92 Å². The summed E-state index contributed by atoms with van der Waals surface area (Å²) in [6.07, 6.45) is 0. The molecule has 2 aromatic carbocycles. The average Bonchev–Trinajstić information content (AvgIpc) is 2.79. The number of benzene rings is 2. The SMILES string of the molecule is Cc1cccc(Oc2snc3ccccc23)c1N. The number of ether oxygens (including phenoxy) is 1. The molecule has 0 aliphatic carbocycles. The summed E-state index contributed by atoms with van der Waals surface area (Å²) in [5.74, 6) is 0.685. The van der Waals surface area contributed by atoms with E-state index in [1.165, 1.54) is 11.5 Å². The molecular formula is C14H12N2OS. The minimum atomic E-state index is 0.676. The van der Waals surface area contributed by atoms with Crippen molar-refractivity contribution >= 4 is 28.1 Å². The number of nitrogen functional groups attached to an aromatic ring is 1. The standard InChI is InChI=1S/C14H12N2OS/c1-9-5-4-8-12(13(9)15)17-14-10-6-2-3-7-11(10)16-18-14/h2-8H,15H2,1H3. The second-order valence-corrected chi connectivity index (χ2v) is 4.81. The van der Waals surface area contributed by atoms with Gasteiger partial charge in [-0.05, 0) is 30.7 Å². The lowest BCUT2D eigenvalue weighted by Crippen LogP contribution is -1.93. The molecule has 0 atom stereocenters. The lowest BCUT2D eigenvalue weighted by Gasteiger charge is -2.08. The zero-order valence-electron chi connectivity index (χ0n) is 9.88. The molecule has 0 saturated heterocycles. The predicted molar refractivity (Wildman–Crippen MR) is 75.3 cm³/mol. The van der Waals surface area contributed by atoms with Crippen molar-refractivity contribution in [1.29, 1.82) is 0 Å². The molecule has 90 valence electrons. The summed E-state index contributed by atoms with van der Waals surface area (Å²) in [6.45, 7) is 1.97. The van der Waals surface area contributed by atoms with Gasteiger partial charge in [-0.2, -0.15) is 4.37 Å². The highest BCUT2D eigenvalue weighted by Gasteiger charge is 2.10. The van der Waals surface area contributed by atoms with Crippen molar-refractivity contribution < 1.29 is 4.74 Å². The van der Waals surface area contributed by atoms with Crippen LogP contribution in [0.3, 0.4) is 0 Å². The Balaban J connectivity index is 2.04. The number of nitrogens with two attached hydrogens (primary N) is 1. The minimum Gasteiger partial charge on any atom is -0.442 e. The molecule has 0 bridgehead atoms. The molecule has 0 fully saturated rings. The van der Waals surface area contributed by atoms with E-state index in [4.69, 9.17) is 10.5 Å². The Bertz CT molecular complexity index is 706. The first-order chi connectivity index (χ1) is 8.75. The van der Waals surface area contributed by atoms with E-state index < -0.39 is 0 Å². The van der Waals surface area contributed by atoms with E-state index in [0.29, 0.717) is 11.4 Å². The molecule has 1 heterocycles. The van der Waals surface area contributed by atoms with Gasteiger partial charge < -0.3 is 10.5 Å². The van der Waals surface area contributed by atoms with Gasteiger partial charge in [-0.15, -0.1) is 0 Å². The zero-order chi connectivity index (χ0) is 12.5. The zero-order valence-corrected chi connectivity index (χ0v) is 10.7. The summed E-state index contributed by atoms with van der Waals surface area (Å²) in [7, 11) is 0. The van der Waals surface area contributed by atoms with Crippen LogP contribution in [0.1, 0.15) is 5.56 Å². The number of aryl methyl sites for hydroxylation is 1. The van der Waals surface area contributed by atoms with E-state index >= 15 is 0 Å². The van der Waals surface area contributed by atoms with Crippen LogP contribution in [0.2, 0.25) is 0 Å². The van der Waals surface area contributed by atoms with Gasteiger partial charge in [0.2, 0.25) is 5.06 Å². The Kier molecular flexibility index (Phi) is 2.64. The quantitative estimate of drug-likeness (QED) is 0.705. The van der Waals surface area contributed by atoms with E-state index in [1.54, 1.807) is 0 Å². The molecule has 18 heavy (non-hydrogen) atoms. The number of hydrogen-bond donors (Lipinski definition) is 1. The molecule has 3 rings (SSSR count). The third-order valence-electron chi connectivity index (χ3n) is 2.84. The van der Waals surface area contributed by atoms with E-state index in [0.717, 1.165) is 21.5 Å². The van der Waals surface area contributed by atoms with Gasteiger partial charge in [0.15, 0.2) is 5.75 Å². The van der Waals surface area contributed by atoms with Gasteiger partial charge in [-0.1, -0.05) is 24.3 Å². The molecule has 0 saturated carbocycles. The van der Waals surface area contributed by atoms with Crippen LogP contribution in [-0.4, -0.2) is 4.37 Å². The Hall–Kier alpha value is -2.07. The molecule has 0 radical (unpaired) electrons. The summed E-state index contributed by atoms with van der Waals surface area (Å²) < 4.78 is 10.2. The number of aromatic nitrogens is 1. The summed E-state index contributed by atoms with van der Waals surface area (Å²) in [4.78, 5) is 0. The fourth-order valence-electron chi connectivity index (χ4n) is 1.78. The van der Waals surface area contributed by atoms with Crippen LogP contribution < -0.4 is 10.5 Å². The first-order valence-electron chi connectivity index (χ1n) is 5.63. The molecular weight excluding hydrogens is 244 g/mol. The van der Waals surface area contributed by atoms with E-state index in [2.05, 4.69) is 4.37 Å². The van der Waals surface area contributed by atoms with Crippen LogP contribution in [0.15, 0.2) is 42.5 Å². The number of para-hydroxylation sites is 1. The lowest BCUT2D eigenvalue weighted by atomic mass is 10.2. The van der Waals surface area contributed by atoms with E-state index in [-0.39, 0.29) is 0 Å². The van der Waals surface area contributed by atoms with Gasteiger partial charge in [0.05, 0.1) is 16.6 Å². The van der Waals surface area contributed by atoms with Crippen LogP contribution >= 0.6 is 11.5 Å². The van der Waals surface area contributed by atoms with Gasteiger partial charge in [-0.25, -0.2) is 0 Å². The molecule has 3 aromatic rings. The molecule has 2 N–H and O–H groups in total. The molecule has 0 spiro atoms. The third-order valence-corrected chi connectivity index (χ3v) is 3.59. The van der Waals surface area contributed by atoms with E-state index in [9.17, 15) is 0 Å². The molecule has 0 aliphatic rings. The van der Waals surface area contributed by atoms with Crippen molar-refractivity contribution in [3.8, 4) is 10.8 Å². The highest BCUT2D eigenvalue weighted by atomic mass is 32.1. The fraction of sp³-hybridized carbons (Fsp3) is 0.0714. The first kappa shape index (κ1) is 11.0. The topological polar surface area (TPSA) is 48.1 Å². The Morgan fingerprint density at radius 2 is 1.94 bits per heavy atom. The molecule has 0 unspecified atom stereocenters. The number of hydrogen-bond acceptors (Lipinski definition) is 4. The summed E-state index contributed by atoms with van der Waals surface area (Å²) in [5.41, 5.74) is 8.64. The predicted octanol–water partition coefficient (Wildman–Crippen LogP) is 3.98. The summed E-state index contributed by atoms with van der Waals surface area (Å²) >= 11 is 1.34. The fourth-order valence-corrected chi connectivity index (χ4v) is 2.52. The van der Waals surface area contributed by atoms with Gasteiger partial charge in [0.25, 0.3) is 0 Å². The number of nitrogens with zero attached hydrogens (tertiary/aromatic N) is 1. The smallest absolute Gasteiger partial charge is 0.208 e. The second-order valence-electron chi connectivity index (χ2n) is 4.08. The van der Waals surface area contributed by atoms with Gasteiger partial charge >= 0.3 is 0 Å². The molecule has 4 heteroatoms. The normalized spacial score (nSPS) is 10.7. The van der Waals surface area contributed by atoms with Gasteiger partial charge in [0, 0.05) is 11.5 Å². The van der Waals surface area contributed by atoms with Crippen molar-refractivity contribution in [2.24, 2.45) is 0 Å². The summed E-state index contributed by atoms with van der Waals surface area (Å²) in [5, 5.41) is 1.80. The second kappa shape index (κ2) is 4.31. The molecule has 1 aromatic heterocycles. The largest absolute Gasteiger partial charge is 0.442 e. The number of rotatable bonds is 2. The van der Waals surface area contributed by atoms with Crippen molar-refractivity contribution in [2.45, 2.75) is 6.92 Å². The maximum atomic E-state index is 6.00. The van der Waals surface area contributed by atoms with Gasteiger partial charge in [0.1, 0.15) is 0 Å². The monoisotopic (exact) mass is 256 g/mol. The molecule has 3 nitrogen and oxygen atoms in total. The third kappa shape index (κ3) is 1.80. The van der Waals surface area contributed by atoms with Crippen LogP contribution in [0.4, 0.5) is 5.69 Å². The Labute approximate surface area is 109 Å². The molecule has 0 aliphatic heterocycles. The summed E-state index contributed by atoms with van der Waals surface area (Å²) in [6, 6.07) is 13.7. The minimum absolute atomic E-state index is 0.676. The first-order valence-corrected chi connectivity index (χ1v) is 6.40. The van der Waals surface area contributed by atoms with Crippen LogP contribution in [-0.2, 0) is 0 Å². The van der Waals surface area contributed by atoms with E-state index in [1.807, 2.05) is 49.4 Å². The molecule has 0 amide bonds. The lowest BCUT2D eigenvalue weighted by molar-refractivity contribution is 0.503. The maximum absolute atomic E-state index is 6.00. The van der Waals surface area contributed by atoms with Crippen LogP contribution in [0.25, 0.3) is 10.9 Å². The Morgan fingerprint density at radius 1 is 1.11 bits per heavy atom. The van der Waals surface area contributed by atoms with Gasteiger partial charge in [-0.3, -0.25) is 0 Å². The number of fused-ring (bicyclic) bond motifs is 1. The van der Waals surface area contributed by atoms with Crippen molar-refractivity contribution in [2.75, 3.05) is 5.73 Å².